The fourth-order valence-corrected chi connectivity index (χ4v) is 7.52. The van der Waals surface area contributed by atoms with Gasteiger partial charge in [-0.25, -0.2) is 4.98 Å². The molecule has 6 atom stereocenters. The van der Waals surface area contributed by atoms with E-state index in [1.807, 2.05) is 24.7 Å². The van der Waals surface area contributed by atoms with E-state index in [0.29, 0.717) is 24.7 Å². The topological polar surface area (TPSA) is 80.0 Å². The SMILES string of the molecule is CCC1(C(O)CC2c3ccccc3-c3cncn32)CC2CCC(NC(=O)Cc3ccncc3)C(C2)C1. The van der Waals surface area contributed by atoms with Gasteiger partial charge in [-0.05, 0) is 85.5 Å². The van der Waals surface area contributed by atoms with E-state index in [1.54, 1.807) is 12.4 Å². The molecule has 3 aliphatic rings. The van der Waals surface area contributed by atoms with Crippen molar-refractivity contribution in [2.45, 2.75) is 76.5 Å². The average Bonchev–Trinajstić information content (AvgIpc) is 3.49. The highest BCUT2D eigenvalue weighted by Crippen LogP contribution is 2.54. The molecule has 36 heavy (non-hydrogen) atoms. The van der Waals surface area contributed by atoms with Gasteiger partial charge in [-0.15, -0.1) is 0 Å². The molecule has 6 rings (SSSR count). The Morgan fingerprint density at radius 3 is 2.83 bits per heavy atom. The minimum atomic E-state index is -0.398. The molecule has 2 aromatic heterocycles. The Balaban J connectivity index is 1.18. The predicted molar refractivity (Wildman–Crippen MR) is 139 cm³/mol. The monoisotopic (exact) mass is 484 g/mol. The Bertz CT molecular complexity index is 1220. The van der Waals surface area contributed by atoms with Gasteiger partial charge < -0.3 is 15.0 Å². The van der Waals surface area contributed by atoms with Gasteiger partial charge in [-0.2, -0.15) is 0 Å². The maximum absolute atomic E-state index is 12.9. The number of hydrogen-bond acceptors (Lipinski definition) is 4. The maximum atomic E-state index is 12.9. The molecule has 2 aliphatic carbocycles. The first-order valence-corrected chi connectivity index (χ1v) is 13.5. The molecule has 1 amide bonds. The van der Waals surface area contributed by atoms with Gasteiger partial charge in [-0.3, -0.25) is 9.78 Å². The third-order valence-corrected chi connectivity index (χ3v) is 9.37. The standard InChI is InChI=1S/C30H36N4O2/c1-2-30(28(35)15-26-23-5-3-4-6-24(23)27-18-32-19-34(26)27)16-21-7-8-25(22(13-21)17-30)33-29(36)14-20-9-11-31-12-10-20/h3-6,9-12,18-19,21-22,25-26,28,35H,2,7-8,13-17H2,1H3,(H,33,36). The van der Waals surface area contributed by atoms with Crippen molar-refractivity contribution >= 4 is 5.91 Å². The number of nitrogens with one attached hydrogen (secondary N) is 1. The summed E-state index contributed by atoms with van der Waals surface area (Å²) in [6.07, 6.45) is 14.4. The number of aliphatic hydroxyl groups is 1. The number of pyridine rings is 1. The first-order valence-electron chi connectivity index (χ1n) is 13.5. The molecule has 1 aromatic carbocycles. The zero-order valence-corrected chi connectivity index (χ0v) is 21.0. The summed E-state index contributed by atoms with van der Waals surface area (Å²) in [5.41, 5.74) is 4.55. The lowest BCUT2D eigenvalue weighted by Gasteiger charge is -2.52. The van der Waals surface area contributed by atoms with Crippen molar-refractivity contribution in [1.29, 1.82) is 0 Å². The summed E-state index contributed by atoms with van der Waals surface area (Å²) in [6.45, 7) is 2.24. The van der Waals surface area contributed by atoms with Crippen molar-refractivity contribution in [2.24, 2.45) is 17.3 Å². The second-order valence-electron chi connectivity index (χ2n) is 11.3. The molecule has 2 N–H and O–H groups in total. The van der Waals surface area contributed by atoms with Gasteiger partial charge in [0.25, 0.3) is 0 Å². The van der Waals surface area contributed by atoms with E-state index in [-0.39, 0.29) is 23.4 Å². The number of carbonyl (C=O) groups is 1. The second kappa shape index (κ2) is 9.47. The molecule has 1 aliphatic heterocycles. The number of aromatic nitrogens is 3. The molecule has 6 unspecified atom stereocenters. The Labute approximate surface area is 213 Å². The van der Waals surface area contributed by atoms with Crippen LogP contribution in [0.25, 0.3) is 11.3 Å². The molecule has 3 aromatic rings. The van der Waals surface area contributed by atoms with Crippen molar-refractivity contribution in [3.8, 4) is 11.3 Å². The highest BCUT2D eigenvalue weighted by Gasteiger charge is 2.49. The highest BCUT2D eigenvalue weighted by molar-refractivity contribution is 5.78. The molecular weight excluding hydrogens is 448 g/mol. The summed E-state index contributed by atoms with van der Waals surface area (Å²) >= 11 is 0. The minimum absolute atomic E-state index is 0.0908. The van der Waals surface area contributed by atoms with E-state index in [2.05, 4.69) is 51.0 Å². The molecule has 6 nitrogen and oxygen atoms in total. The summed E-state index contributed by atoms with van der Waals surface area (Å²) in [6, 6.07) is 12.7. The lowest BCUT2D eigenvalue weighted by molar-refractivity contribution is -0.123. The van der Waals surface area contributed by atoms with Crippen LogP contribution in [-0.4, -0.2) is 37.7 Å². The van der Waals surface area contributed by atoms with Crippen molar-refractivity contribution < 1.29 is 9.90 Å². The van der Waals surface area contributed by atoms with Crippen LogP contribution in [0.4, 0.5) is 0 Å². The zero-order valence-electron chi connectivity index (χ0n) is 21.0. The zero-order chi connectivity index (χ0) is 24.7. The van der Waals surface area contributed by atoms with Crippen LogP contribution in [0.3, 0.4) is 0 Å². The van der Waals surface area contributed by atoms with Gasteiger partial charge in [0.05, 0.1) is 36.8 Å². The maximum Gasteiger partial charge on any atom is 0.224 e. The van der Waals surface area contributed by atoms with E-state index in [1.165, 1.54) is 11.1 Å². The quantitative estimate of drug-likeness (QED) is 0.498. The van der Waals surface area contributed by atoms with Crippen molar-refractivity contribution in [1.82, 2.24) is 19.9 Å². The number of imidazole rings is 1. The minimum Gasteiger partial charge on any atom is -0.392 e. The van der Waals surface area contributed by atoms with Crippen molar-refractivity contribution in [3.63, 3.8) is 0 Å². The van der Waals surface area contributed by atoms with Gasteiger partial charge in [-0.1, -0.05) is 31.2 Å². The number of hydrogen-bond donors (Lipinski definition) is 2. The second-order valence-corrected chi connectivity index (χ2v) is 11.3. The molecular formula is C30H36N4O2. The van der Waals surface area contributed by atoms with Gasteiger partial charge in [0, 0.05) is 24.0 Å². The van der Waals surface area contributed by atoms with Crippen LogP contribution < -0.4 is 5.32 Å². The van der Waals surface area contributed by atoms with Gasteiger partial charge in [0.15, 0.2) is 0 Å². The molecule has 0 radical (unpaired) electrons. The number of fused-ring (bicyclic) bond motifs is 5. The molecule has 2 saturated carbocycles. The molecule has 0 spiro atoms. The van der Waals surface area contributed by atoms with Crippen molar-refractivity contribution in [2.75, 3.05) is 0 Å². The van der Waals surface area contributed by atoms with Crippen molar-refractivity contribution in [3.05, 3.63) is 72.4 Å². The summed E-state index contributed by atoms with van der Waals surface area (Å²) in [7, 11) is 0. The molecule has 3 heterocycles. The first-order chi connectivity index (χ1) is 17.6. The van der Waals surface area contributed by atoms with Gasteiger partial charge in [0.2, 0.25) is 5.91 Å². The van der Waals surface area contributed by atoms with E-state index in [0.717, 1.165) is 49.8 Å². The smallest absolute Gasteiger partial charge is 0.224 e. The Kier molecular flexibility index (Phi) is 6.16. The number of amides is 1. The molecule has 2 fully saturated rings. The number of nitrogens with zero attached hydrogens (tertiary/aromatic N) is 3. The van der Waals surface area contributed by atoms with Crippen LogP contribution in [0.5, 0.6) is 0 Å². The molecule has 6 heteroatoms. The Hall–Kier alpha value is -2.99. The number of carbonyl (C=O) groups excluding carboxylic acids is 1. The molecule has 2 bridgehead atoms. The lowest BCUT2D eigenvalue weighted by Crippen LogP contribution is -2.52. The first kappa shape index (κ1) is 23.4. The average molecular weight is 485 g/mol. The summed E-state index contributed by atoms with van der Waals surface area (Å²) < 4.78 is 2.24. The van der Waals surface area contributed by atoms with Crippen LogP contribution in [-0.2, 0) is 11.2 Å². The largest absolute Gasteiger partial charge is 0.392 e. The van der Waals surface area contributed by atoms with Crippen LogP contribution in [0.15, 0.2) is 61.3 Å². The summed E-state index contributed by atoms with van der Waals surface area (Å²) in [5, 5.41) is 15.2. The molecule has 188 valence electrons. The van der Waals surface area contributed by atoms with Crippen LogP contribution in [0.1, 0.15) is 69.0 Å². The Morgan fingerprint density at radius 2 is 2.00 bits per heavy atom. The van der Waals surface area contributed by atoms with E-state index in [4.69, 9.17) is 0 Å². The normalized spacial score (nSPS) is 29.3. The van der Waals surface area contributed by atoms with Crippen LogP contribution >= 0.6 is 0 Å². The number of aliphatic hydroxyl groups excluding tert-OH is 1. The third kappa shape index (κ3) is 4.15. The van der Waals surface area contributed by atoms with E-state index >= 15 is 0 Å². The summed E-state index contributed by atoms with van der Waals surface area (Å²) in [5.74, 6) is 1.15. The van der Waals surface area contributed by atoms with Crippen LogP contribution in [0, 0.1) is 17.3 Å². The summed E-state index contributed by atoms with van der Waals surface area (Å²) in [4.78, 5) is 21.3. The lowest BCUT2D eigenvalue weighted by atomic mass is 9.56. The predicted octanol–water partition coefficient (Wildman–Crippen LogP) is 4.93. The van der Waals surface area contributed by atoms with Crippen LogP contribution in [0.2, 0.25) is 0 Å². The van der Waals surface area contributed by atoms with E-state index < -0.39 is 6.10 Å². The fourth-order valence-electron chi connectivity index (χ4n) is 7.52. The molecule has 0 saturated heterocycles. The van der Waals surface area contributed by atoms with Gasteiger partial charge >= 0.3 is 0 Å². The third-order valence-electron chi connectivity index (χ3n) is 9.37. The number of rotatable bonds is 7. The van der Waals surface area contributed by atoms with E-state index in [9.17, 15) is 9.90 Å². The number of benzene rings is 1. The fraction of sp³-hybridized carbons (Fsp3) is 0.500. The highest BCUT2D eigenvalue weighted by atomic mass is 16.3. The van der Waals surface area contributed by atoms with Gasteiger partial charge in [0.1, 0.15) is 0 Å². The Morgan fingerprint density at radius 1 is 1.17 bits per heavy atom.